The Kier molecular flexibility index (Phi) is 5.18. The number of nitrogens with one attached hydrogen (secondary N) is 1. The summed E-state index contributed by atoms with van der Waals surface area (Å²) in [5, 5.41) is 2.01. The molecule has 1 N–H and O–H groups in total. The maximum atomic E-state index is 12.9. The molecule has 2 rings (SSSR count). The predicted octanol–water partition coefficient (Wildman–Crippen LogP) is 3.57. The van der Waals surface area contributed by atoms with Crippen molar-refractivity contribution in [1.29, 1.82) is 0 Å². The van der Waals surface area contributed by atoms with E-state index in [0.29, 0.717) is 5.69 Å². The third-order valence-electron chi connectivity index (χ3n) is 2.65. The van der Waals surface area contributed by atoms with Crippen LogP contribution >= 0.6 is 22.9 Å². The van der Waals surface area contributed by atoms with Crippen LogP contribution in [0.25, 0.3) is 11.3 Å². The van der Waals surface area contributed by atoms with Crippen molar-refractivity contribution in [2.24, 2.45) is 5.92 Å². The molecular weight excluding hydrogens is 335 g/mol. The Bertz CT molecular complexity index is 701. The second kappa shape index (κ2) is 6.72. The van der Waals surface area contributed by atoms with E-state index in [0.717, 1.165) is 5.56 Å². The fraction of sp³-hybridized carbons (Fsp3) is 0.308. The molecule has 0 fully saturated rings. The Hall–Kier alpha value is -1.18. The summed E-state index contributed by atoms with van der Waals surface area (Å²) in [5.41, 5.74) is 1.33. The van der Waals surface area contributed by atoms with Gasteiger partial charge in [0.1, 0.15) is 5.82 Å². The van der Waals surface area contributed by atoms with Crippen LogP contribution < -0.4 is 4.72 Å². The van der Waals surface area contributed by atoms with Crippen molar-refractivity contribution in [3.63, 3.8) is 0 Å². The fourth-order valence-electron chi connectivity index (χ4n) is 1.67. The average molecular weight is 349 g/mol. The van der Waals surface area contributed by atoms with Gasteiger partial charge in [0.05, 0.1) is 11.4 Å². The molecule has 0 amide bonds. The first-order valence-electron chi connectivity index (χ1n) is 6.17. The number of rotatable bonds is 6. The van der Waals surface area contributed by atoms with Gasteiger partial charge in [0.25, 0.3) is 0 Å². The number of benzene rings is 1. The molecule has 0 aliphatic carbocycles. The average Bonchev–Trinajstić information content (AvgIpc) is 2.86. The third kappa shape index (κ3) is 4.66. The highest BCUT2D eigenvalue weighted by atomic mass is 35.5. The number of halogens is 2. The SMILES string of the molecule is CC(CCl)CS(=O)(=O)Nc1nc(-c2ccc(F)cc2)cs1. The van der Waals surface area contributed by atoms with Crippen molar-refractivity contribution in [1.82, 2.24) is 4.98 Å². The summed E-state index contributed by atoms with van der Waals surface area (Å²) in [4.78, 5) is 4.20. The highest BCUT2D eigenvalue weighted by Crippen LogP contribution is 2.25. The van der Waals surface area contributed by atoms with E-state index in [4.69, 9.17) is 11.6 Å². The van der Waals surface area contributed by atoms with Crippen LogP contribution in [0.5, 0.6) is 0 Å². The second-order valence-electron chi connectivity index (χ2n) is 4.69. The van der Waals surface area contributed by atoms with Crippen molar-refractivity contribution in [3.05, 3.63) is 35.5 Å². The lowest BCUT2D eigenvalue weighted by Gasteiger charge is -2.08. The van der Waals surface area contributed by atoms with Crippen LogP contribution in [-0.4, -0.2) is 25.0 Å². The van der Waals surface area contributed by atoms with Crippen molar-refractivity contribution >= 4 is 38.1 Å². The molecule has 1 atom stereocenters. The lowest BCUT2D eigenvalue weighted by atomic mass is 10.2. The summed E-state index contributed by atoms with van der Waals surface area (Å²) >= 11 is 6.80. The monoisotopic (exact) mass is 348 g/mol. The molecule has 0 aliphatic rings. The van der Waals surface area contributed by atoms with Crippen molar-refractivity contribution in [2.75, 3.05) is 16.4 Å². The number of anilines is 1. The molecule has 4 nitrogen and oxygen atoms in total. The van der Waals surface area contributed by atoms with Crippen LogP contribution in [0.2, 0.25) is 0 Å². The Morgan fingerprint density at radius 2 is 2.05 bits per heavy atom. The van der Waals surface area contributed by atoms with E-state index >= 15 is 0 Å². The highest BCUT2D eigenvalue weighted by Gasteiger charge is 2.17. The molecule has 21 heavy (non-hydrogen) atoms. The van der Waals surface area contributed by atoms with Gasteiger partial charge in [-0.2, -0.15) is 0 Å². The Labute approximate surface area is 132 Å². The quantitative estimate of drug-likeness (QED) is 0.812. The largest absolute Gasteiger partial charge is 0.259 e. The molecular formula is C13H14ClFN2O2S2. The van der Waals surface area contributed by atoms with E-state index < -0.39 is 10.0 Å². The zero-order chi connectivity index (χ0) is 15.5. The lowest BCUT2D eigenvalue weighted by molar-refractivity contribution is 0.588. The van der Waals surface area contributed by atoms with Crippen molar-refractivity contribution in [2.45, 2.75) is 6.92 Å². The van der Waals surface area contributed by atoms with Gasteiger partial charge in [-0.3, -0.25) is 4.72 Å². The van der Waals surface area contributed by atoms with Gasteiger partial charge in [0, 0.05) is 16.8 Å². The van der Waals surface area contributed by atoms with Gasteiger partial charge in [-0.15, -0.1) is 22.9 Å². The van der Waals surface area contributed by atoms with E-state index in [1.54, 1.807) is 24.4 Å². The Morgan fingerprint density at radius 3 is 2.67 bits per heavy atom. The van der Waals surface area contributed by atoms with E-state index in [9.17, 15) is 12.8 Å². The second-order valence-corrected chi connectivity index (χ2v) is 7.62. The van der Waals surface area contributed by atoms with Crippen LogP contribution in [0, 0.1) is 11.7 Å². The fourth-order valence-corrected chi connectivity index (χ4v) is 4.30. The molecule has 0 saturated carbocycles. The first-order chi connectivity index (χ1) is 9.89. The van der Waals surface area contributed by atoms with Crippen molar-refractivity contribution in [3.8, 4) is 11.3 Å². The Morgan fingerprint density at radius 1 is 1.38 bits per heavy atom. The van der Waals surface area contributed by atoms with Crippen LogP contribution in [0.3, 0.4) is 0 Å². The number of thiazole rings is 1. The zero-order valence-corrected chi connectivity index (χ0v) is 13.6. The molecule has 0 spiro atoms. The van der Waals surface area contributed by atoms with Crippen LogP contribution in [0.4, 0.5) is 9.52 Å². The zero-order valence-electron chi connectivity index (χ0n) is 11.2. The van der Waals surface area contributed by atoms with Gasteiger partial charge in [0.2, 0.25) is 10.0 Å². The number of sulfonamides is 1. The molecule has 1 unspecified atom stereocenters. The number of hydrogen-bond donors (Lipinski definition) is 1. The summed E-state index contributed by atoms with van der Waals surface area (Å²) in [7, 11) is -3.47. The molecule has 1 aromatic carbocycles. The van der Waals surface area contributed by atoms with E-state index in [1.807, 2.05) is 0 Å². The van der Waals surface area contributed by atoms with Gasteiger partial charge < -0.3 is 0 Å². The van der Waals surface area contributed by atoms with Gasteiger partial charge >= 0.3 is 0 Å². The predicted molar refractivity (Wildman–Crippen MR) is 84.8 cm³/mol. The molecule has 114 valence electrons. The minimum absolute atomic E-state index is 0.0536. The van der Waals surface area contributed by atoms with E-state index in [2.05, 4.69) is 9.71 Å². The lowest BCUT2D eigenvalue weighted by Crippen LogP contribution is -2.22. The molecule has 8 heteroatoms. The normalized spacial score (nSPS) is 13.1. The van der Waals surface area contributed by atoms with Crippen LogP contribution in [0.15, 0.2) is 29.6 Å². The first-order valence-corrected chi connectivity index (χ1v) is 9.24. The topological polar surface area (TPSA) is 59.1 Å². The molecule has 0 aliphatic heterocycles. The maximum Gasteiger partial charge on any atom is 0.234 e. The summed E-state index contributed by atoms with van der Waals surface area (Å²) in [6.07, 6.45) is 0. The molecule has 1 aromatic heterocycles. The number of hydrogen-bond acceptors (Lipinski definition) is 4. The van der Waals surface area contributed by atoms with Crippen LogP contribution in [0.1, 0.15) is 6.92 Å². The molecule has 0 saturated heterocycles. The van der Waals surface area contributed by atoms with Gasteiger partial charge in [-0.05, 0) is 30.2 Å². The van der Waals surface area contributed by atoms with Gasteiger partial charge in [0.15, 0.2) is 5.13 Å². The number of alkyl halides is 1. The summed E-state index contributed by atoms with van der Waals surface area (Å²) in [5.74, 6) is -0.243. The summed E-state index contributed by atoms with van der Waals surface area (Å²) in [6.45, 7) is 1.76. The third-order valence-corrected chi connectivity index (χ3v) is 5.58. The summed E-state index contributed by atoms with van der Waals surface area (Å²) < 4.78 is 39.1. The molecule has 0 bridgehead atoms. The Balaban J connectivity index is 2.11. The molecule has 1 heterocycles. The summed E-state index contributed by atoms with van der Waals surface area (Å²) in [6, 6.07) is 5.86. The van der Waals surface area contributed by atoms with E-state index in [1.165, 1.54) is 23.5 Å². The smallest absolute Gasteiger partial charge is 0.234 e. The standard InChI is InChI=1S/C13H14ClFN2O2S2/c1-9(6-14)8-21(18,19)17-13-16-12(7-20-13)10-2-4-11(15)5-3-10/h2-5,7,9H,6,8H2,1H3,(H,16,17). The van der Waals surface area contributed by atoms with Crippen LogP contribution in [-0.2, 0) is 10.0 Å². The molecule has 0 radical (unpaired) electrons. The van der Waals surface area contributed by atoms with E-state index in [-0.39, 0.29) is 28.5 Å². The maximum absolute atomic E-state index is 12.9. The highest BCUT2D eigenvalue weighted by molar-refractivity contribution is 7.92. The first kappa shape index (κ1) is 16.2. The molecule has 2 aromatic rings. The van der Waals surface area contributed by atoms with Crippen molar-refractivity contribution < 1.29 is 12.8 Å². The minimum atomic E-state index is -3.47. The minimum Gasteiger partial charge on any atom is -0.259 e. The number of aromatic nitrogens is 1. The van der Waals surface area contributed by atoms with Gasteiger partial charge in [-0.25, -0.2) is 17.8 Å². The number of nitrogens with zero attached hydrogens (tertiary/aromatic N) is 1. The van der Waals surface area contributed by atoms with Gasteiger partial charge in [-0.1, -0.05) is 6.92 Å².